The fraction of sp³-hybridized carbons (Fsp3) is 0.350. The highest BCUT2D eigenvalue weighted by Gasteiger charge is 2.22. The lowest BCUT2D eigenvalue weighted by atomic mass is 9.86. The van der Waals surface area contributed by atoms with E-state index in [-0.39, 0.29) is 24.9 Å². The Morgan fingerprint density at radius 3 is 2.74 bits per heavy atom. The van der Waals surface area contributed by atoms with Crippen LogP contribution in [0.25, 0.3) is 11.0 Å². The van der Waals surface area contributed by atoms with Crippen LogP contribution in [0, 0.1) is 6.92 Å². The zero-order valence-corrected chi connectivity index (χ0v) is 15.7. The molecule has 3 aromatic rings. The number of rotatable bonds is 7. The molecule has 142 valence electrons. The predicted octanol–water partition coefficient (Wildman–Crippen LogP) is 2.85. The normalized spacial score (nSPS) is 12.1. The molecule has 1 aromatic heterocycles. The standard InChI is InChI=1S/C20H23N3O4/c1-4-27-19(25)10-16(13-6-5-12(2)15(7-13)11-24)14-8-17-20(22-23-21-17)18(9-14)26-3/h5-9,16,24H,4,10-11H2,1-3H3,(H,21,22,23). The van der Waals surface area contributed by atoms with Crippen LogP contribution < -0.4 is 4.74 Å². The van der Waals surface area contributed by atoms with Crippen LogP contribution in [0.1, 0.15) is 41.5 Å². The van der Waals surface area contributed by atoms with Crippen molar-refractivity contribution in [3.63, 3.8) is 0 Å². The number of aryl methyl sites for hydroxylation is 1. The maximum Gasteiger partial charge on any atom is 0.306 e. The Morgan fingerprint density at radius 2 is 2.04 bits per heavy atom. The molecule has 0 amide bonds. The molecule has 2 N–H and O–H groups in total. The summed E-state index contributed by atoms with van der Waals surface area (Å²) < 4.78 is 10.6. The van der Waals surface area contributed by atoms with E-state index in [1.165, 1.54) is 0 Å². The van der Waals surface area contributed by atoms with Gasteiger partial charge in [0.25, 0.3) is 0 Å². The van der Waals surface area contributed by atoms with Gasteiger partial charge in [0.15, 0.2) is 5.52 Å². The third kappa shape index (κ3) is 3.93. The van der Waals surface area contributed by atoms with Gasteiger partial charge in [-0.15, -0.1) is 0 Å². The molecule has 27 heavy (non-hydrogen) atoms. The van der Waals surface area contributed by atoms with Crippen LogP contribution in [-0.4, -0.2) is 40.2 Å². The van der Waals surface area contributed by atoms with Gasteiger partial charge in [-0.2, -0.15) is 15.4 Å². The van der Waals surface area contributed by atoms with Crippen LogP contribution in [0.15, 0.2) is 30.3 Å². The second-order valence-corrected chi connectivity index (χ2v) is 6.32. The number of ether oxygens (including phenoxy) is 2. The fourth-order valence-electron chi connectivity index (χ4n) is 3.19. The number of carbonyl (C=O) groups excluding carboxylic acids is 1. The number of hydrogen-bond donors (Lipinski definition) is 2. The average molecular weight is 369 g/mol. The van der Waals surface area contributed by atoms with Gasteiger partial charge in [0.1, 0.15) is 11.3 Å². The number of aromatic nitrogens is 3. The number of carbonyl (C=O) groups is 1. The van der Waals surface area contributed by atoms with Crippen molar-refractivity contribution in [3.8, 4) is 5.75 Å². The number of esters is 1. The van der Waals surface area contributed by atoms with Gasteiger partial charge >= 0.3 is 5.97 Å². The second kappa shape index (κ2) is 8.18. The number of aromatic amines is 1. The summed E-state index contributed by atoms with van der Waals surface area (Å²) >= 11 is 0. The van der Waals surface area contributed by atoms with Gasteiger partial charge in [0.05, 0.1) is 26.7 Å². The highest BCUT2D eigenvalue weighted by molar-refractivity contribution is 5.82. The largest absolute Gasteiger partial charge is 0.494 e. The molecule has 0 aliphatic rings. The number of hydrogen-bond acceptors (Lipinski definition) is 6. The van der Waals surface area contributed by atoms with Gasteiger partial charge in [0, 0.05) is 5.92 Å². The summed E-state index contributed by atoms with van der Waals surface area (Å²) in [5.74, 6) is 0.0393. The molecule has 0 radical (unpaired) electrons. The van der Waals surface area contributed by atoms with Gasteiger partial charge in [-0.1, -0.05) is 18.2 Å². The SMILES string of the molecule is CCOC(=O)CC(c1ccc(C)c(CO)c1)c1cc(OC)c2n[nH]nc2c1. The van der Waals surface area contributed by atoms with E-state index in [1.54, 1.807) is 14.0 Å². The van der Waals surface area contributed by atoms with E-state index in [0.29, 0.717) is 23.4 Å². The van der Waals surface area contributed by atoms with Crippen LogP contribution in [0.5, 0.6) is 5.75 Å². The van der Waals surface area contributed by atoms with Crippen molar-refractivity contribution in [2.24, 2.45) is 0 Å². The molecule has 0 bridgehead atoms. The van der Waals surface area contributed by atoms with Crippen molar-refractivity contribution in [2.45, 2.75) is 32.8 Å². The molecule has 1 unspecified atom stereocenters. The van der Waals surface area contributed by atoms with Crippen molar-refractivity contribution < 1.29 is 19.4 Å². The smallest absolute Gasteiger partial charge is 0.306 e. The van der Waals surface area contributed by atoms with Crippen LogP contribution in [0.2, 0.25) is 0 Å². The third-order valence-corrected chi connectivity index (χ3v) is 4.65. The van der Waals surface area contributed by atoms with Gasteiger partial charge < -0.3 is 14.6 Å². The van der Waals surface area contributed by atoms with E-state index in [0.717, 1.165) is 22.3 Å². The molecule has 1 heterocycles. The minimum atomic E-state index is -0.284. The summed E-state index contributed by atoms with van der Waals surface area (Å²) in [5, 5.41) is 20.5. The van der Waals surface area contributed by atoms with Crippen molar-refractivity contribution in [1.82, 2.24) is 15.4 Å². The van der Waals surface area contributed by atoms with E-state index < -0.39 is 0 Å². The summed E-state index contributed by atoms with van der Waals surface area (Å²) in [6.45, 7) is 4.00. The number of nitrogens with zero attached hydrogens (tertiary/aromatic N) is 2. The number of fused-ring (bicyclic) bond motifs is 1. The molecule has 7 nitrogen and oxygen atoms in total. The number of methoxy groups -OCH3 is 1. The first kappa shape index (κ1) is 18.8. The molecular weight excluding hydrogens is 346 g/mol. The van der Waals surface area contributed by atoms with Gasteiger partial charge in [-0.25, -0.2) is 0 Å². The Kier molecular flexibility index (Phi) is 5.71. The van der Waals surface area contributed by atoms with E-state index >= 15 is 0 Å². The third-order valence-electron chi connectivity index (χ3n) is 4.65. The lowest BCUT2D eigenvalue weighted by molar-refractivity contribution is -0.143. The molecule has 1 atom stereocenters. The minimum absolute atomic E-state index is 0.0581. The Balaban J connectivity index is 2.10. The van der Waals surface area contributed by atoms with Gasteiger partial charge in [-0.3, -0.25) is 4.79 Å². The van der Waals surface area contributed by atoms with Gasteiger partial charge in [0.2, 0.25) is 0 Å². The first-order valence-electron chi connectivity index (χ1n) is 8.81. The van der Waals surface area contributed by atoms with Crippen molar-refractivity contribution >= 4 is 17.0 Å². The number of nitrogens with one attached hydrogen (secondary N) is 1. The lowest BCUT2D eigenvalue weighted by Gasteiger charge is -2.19. The molecular formula is C20H23N3O4. The van der Waals surface area contributed by atoms with Crippen molar-refractivity contribution in [2.75, 3.05) is 13.7 Å². The number of aliphatic hydroxyl groups excluding tert-OH is 1. The topological polar surface area (TPSA) is 97.3 Å². The van der Waals surface area contributed by atoms with Crippen LogP contribution >= 0.6 is 0 Å². The zero-order chi connectivity index (χ0) is 19.4. The monoisotopic (exact) mass is 369 g/mol. The first-order valence-corrected chi connectivity index (χ1v) is 8.81. The fourth-order valence-corrected chi connectivity index (χ4v) is 3.19. The maximum absolute atomic E-state index is 12.3. The number of H-pyrrole nitrogens is 1. The quantitative estimate of drug-likeness (QED) is 0.622. The van der Waals surface area contributed by atoms with Gasteiger partial charge in [-0.05, 0) is 48.2 Å². The summed E-state index contributed by atoms with van der Waals surface area (Å²) in [5.41, 5.74) is 4.91. The Labute approximate surface area is 157 Å². The van der Waals surface area contributed by atoms with Crippen molar-refractivity contribution in [3.05, 3.63) is 52.6 Å². The van der Waals surface area contributed by atoms with E-state index in [4.69, 9.17) is 9.47 Å². The summed E-state index contributed by atoms with van der Waals surface area (Å²) in [6, 6.07) is 9.61. The Bertz CT molecular complexity index is 952. The molecule has 0 aliphatic carbocycles. The lowest BCUT2D eigenvalue weighted by Crippen LogP contribution is -2.12. The molecule has 0 fully saturated rings. The van der Waals surface area contributed by atoms with Crippen LogP contribution in [-0.2, 0) is 16.1 Å². The minimum Gasteiger partial charge on any atom is -0.494 e. The average Bonchev–Trinajstić information content (AvgIpc) is 3.15. The van der Waals surface area contributed by atoms with Crippen molar-refractivity contribution in [1.29, 1.82) is 0 Å². The van der Waals surface area contributed by atoms with Crippen LogP contribution in [0.4, 0.5) is 0 Å². The molecule has 7 heteroatoms. The van der Waals surface area contributed by atoms with Crippen LogP contribution in [0.3, 0.4) is 0 Å². The molecule has 0 aliphatic heterocycles. The van der Waals surface area contributed by atoms with E-state index in [9.17, 15) is 9.90 Å². The summed E-state index contributed by atoms with van der Waals surface area (Å²) in [6.07, 6.45) is 0.175. The number of aliphatic hydroxyl groups is 1. The number of benzene rings is 2. The molecule has 2 aromatic carbocycles. The molecule has 0 saturated carbocycles. The highest BCUT2D eigenvalue weighted by atomic mass is 16.5. The zero-order valence-electron chi connectivity index (χ0n) is 15.7. The molecule has 0 saturated heterocycles. The highest BCUT2D eigenvalue weighted by Crippen LogP contribution is 2.35. The summed E-state index contributed by atoms with van der Waals surface area (Å²) in [7, 11) is 1.57. The summed E-state index contributed by atoms with van der Waals surface area (Å²) in [4.78, 5) is 12.3. The maximum atomic E-state index is 12.3. The predicted molar refractivity (Wildman–Crippen MR) is 101 cm³/mol. The van der Waals surface area contributed by atoms with E-state index in [1.807, 2.05) is 37.3 Å². The molecule has 3 rings (SSSR count). The second-order valence-electron chi connectivity index (χ2n) is 6.32. The Hall–Kier alpha value is -2.93. The first-order chi connectivity index (χ1) is 13.1. The Morgan fingerprint density at radius 1 is 1.22 bits per heavy atom. The molecule has 0 spiro atoms. The van der Waals surface area contributed by atoms with E-state index in [2.05, 4.69) is 15.4 Å².